The van der Waals surface area contributed by atoms with Gasteiger partial charge in [-0.05, 0) is 48.4 Å². The third-order valence-corrected chi connectivity index (χ3v) is 4.70. The van der Waals surface area contributed by atoms with Crippen LogP contribution in [0.3, 0.4) is 0 Å². The summed E-state index contributed by atoms with van der Waals surface area (Å²) in [7, 11) is 0. The monoisotopic (exact) mass is 259 g/mol. The summed E-state index contributed by atoms with van der Waals surface area (Å²) < 4.78 is 0. The molecule has 18 heavy (non-hydrogen) atoms. The van der Waals surface area contributed by atoms with Crippen molar-refractivity contribution in [3.63, 3.8) is 0 Å². The first-order chi connectivity index (χ1) is 8.84. The Morgan fingerprint density at radius 1 is 1.39 bits per heavy atom. The van der Waals surface area contributed by atoms with Gasteiger partial charge in [0.2, 0.25) is 0 Å². The van der Waals surface area contributed by atoms with Crippen LogP contribution < -0.4 is 0 Å². The third-order valence-electron chi connectivity index (χ3n) is 3.71. The number of rotatable bonds is 3. The van der Waals surface area contributed by atoms with Crippen LogP contribution in [0.25, 0.3) is 0 Å². The minimum absolute atomic E-state index is 0.294. The topological polar surface area (TPSA) is 33.1 Å². The number of aromatic nitrogens is 1. The predicted molar refractivity (Wildman–Crippen MR) is 73.9 cm³/mol. The molecule has 0 amide bonds. The summed E-state index contributed by atoms with van der Waals surface area (Å²) in [5, 5.41) is 12.6. The summed E-state index contributed by atoms with van der Waals surface area (Å²) >= 11 is 1.83. The molecule has 94 valence electrons. The molecule has 1 N–H and O–H groups in total. The Kier molecular flexibility index (Phi) is 3.43. The van der Waals surface area contributed by atoms with Gasteiger partial charge in [0.1, 0.15) is 0 Å². The summed E-state index contributed by atoms with van der Waals surface area (Å²) in [4.78, 5) is 5.76. The van der Waals surface area contributed by atoms with Crippen LogP contribution in [0.4, 0.5) is 0 Å². The molecule has 3 rings (SSSR count). The van der Waals surface area contributed by atoms with Crippen molar-refractivity contribution in [2.45, 2.75) is 37.7 Å². The number of thiophene rings is 1. The van der Waals surface area contributed by atoms with Crippen molar-refractivity contribution < 1.29 is 5.11 Å². The lowest BCUT2D eigenvalue weighted by atomic mass is 9.82. The summed E-state index contributed by atoms with van der Waals surface area (Å²) in [6, 6.07) is 8.06. The second kappa shape index (κ2) is 5.21. The molecule has 2 heterocycles. The maximum absolute atomic E-state index is 10.5. The molecule has 0 fully saturated rings. The molecular weight excluding hydrogens is 242 g/mol. The molecule has 0 spiro atoms. The fraction of sp³-hybridized carbons (Fsp3) is 0.400. The van der Waals surface area contributed by atoms with Crippen molar-refractivity contribution in [1.29, 1.82) is 0 Å². The number of nitrogens with zero attached hydrogens (tertiary/aromatic N) is 1. The Balaban J connectivity index is 1.76. The van der Waals surface area contributed by atoms with Crippen molar-refractivity contribution in [2.75, 3.05) is 0 Å². The largest absolute Gasteiger partial charge is 0.392 e. The summed E-state index contributed by atoms with van der Waals surface area (Å²) in [6.07, 6.45) is 5.60. The van der Waals surface area contributed by atoms with Crippen LogP contribution in [-0.2, 0) is 12.8 Å². The Morgan fingerprint density at radius 3 is 3.17 bits per heavy atom. The van der Waals surface area contributed by atoms with E-state index in [9.17, 15) is 5.11 Å². The van der Waals surface area contributed by atoms with Crippen LogP contribution >= 0.6 is 11.3 Å². The van der Waals surface area contributed by atoms with Gasteiger partial charge in [-0.3, -0.25) is 4.98 Å². The molecule has 1 aliphatic carbocycles. The van der Waals surface area contributed by atoms with Crippen molar-refractivity contribution in [1.82, 2.24) is 4.98 Å². The smallest absolute Gasteiger partial charge is 0.0664 e. The van der Waals surface area contributed by atoms with Crippen LogP contribution in [0.5, 0.6) is 0 Å². The van der Waals surface area contributed by atoms with Crippen LogP contribution in [0.15, 0.2) is 35.8 Å². The Morgan fingerprint density at radius 2 is 2.33 bits per heavy atom. The molecule has 0 radical (unpaired) electrons. The van der Waals surface area contributed by atoms with Crippen LogP contribution in [0, 0.1) is 0 Å². The average Bonchev–Trinajstić information content (AvgIpc) is 2.87. The van der Waals surface area contributed by atoms with Gasteiger partial charge in [-0.25, -0.2) is 0 Å². The van der Waals surface area contributed by atoms with Gasteiger partial charge in [0.05, 0.1) is 6.10 Å². The first-order valence-corrected chi connectivity index (χ1v) is 7.37. The Bertz CT molecular complexity index is 508. The zero-order chi connectivity index (χ0) is 12.4. The van der Waals surface area contributed by atoms with Gasteiger partial charge < -0.3 is 5.11 Å². The van der Waals surface area contributed by atoms with E-state index in [-0.39, 0.29) is 6.10 Å². The lowest BCUT2D eigenvalue weighted by Crippen LogP contribution is -2.24. The van der Waals surface area contributed by atoms with Gasteiger partial charge in [-0.1, -0.05) is 6.07 Å². The molecule has 0 aromatic carbocycles. The molecule has 2 atom stereocenters. The van der Waals surface area contributed by atoms with Crippen molar-refractivity contribution >= 4 is 11.3 Å². The van der Waals surface area contributed by atoms with E-state index in [1.54, 1.807) is 6.20 Å². The number of fused-ring (bicyclic) bond motifs is 1. The number of pyridine rings is 1. The lowest BCUT2D eigenvalue weighted by Gasteiger charge is -2.27. The van der Waals surface area contributed by atoms with Gasteiger partial charge in [0, 0.05) is 29.1 Å². The Labute approximate surface area is 111 Å². The van der Waals surface area contributed by atoms with E-state index in [0.717, 1.165) is 12.1 Å². The molecule has 2 aromatic heterocycles. The summed E-state index contributed by atoms with van der Waals surface area (Å²) in [5.74, 6) is 0.294. The minimum Gasteiger partial charge on any atom is -0.392 e. The molecule has 0 saturated heterocycles. The molecule has 2 nitrogen and oxygen atoms in total. The highest BCUT2D eigenvalue weighted by molar-refractivity contribution is 7.10. The summed E-state index contributed by atoms with van der Waals surface area (Å²) in [5.41, 5.74) is 2.35. The molecule has 0 saturated carbocycles. The standard InChI is InChI=1S/C15H17NOS/c17-14(10-11-4-1-2-8-16-11)12-5-3-6-15-13(12)7-9-18-15/h1-2,4,7-9,12,14,17H,3,5-6,10H2. The van der Waals surface area contributed by atoms with Gasteiger partial charge in [0.25, 0.3) is 0 Å². The first kappa shape index (κ1) is 11.9. The second-order valence-corrected chi connectivity index (χ2v) is 5.89. The number of aryl methyl sites for hydroxylation is 1. The third kappa shape index (κ3) is 2.33. The van der Waals surface area contributed by atoms with Crippen molar-refractivity contribution in [3.8, 4) is 0 Å². The SMILES string of the molecule is OC(Cc1ccccn1)C1CCCc2sccc21. The second-order valence-electron chi connectivity index (χ2n) is 4.89. The van der Waals surface area contributed by atoms with Gasteiger partial charge >= 0.3 is 0 Å². The molecule has 1 aliphatic rings. The number of hydrogen-bond acceptors (Lipinski definition) is 3. The van der Waals surface area contributed by atoms with E-state index < -0.39 is 0 Å². The van der Waals surface area contributed by atoms with Gasteiger partial charge in [-0.15, -0.1) is 11.3 Å². The molecule has 3 heteroatoms. The van der Waals surface area contributed by atoms with Crippen molar-refractivity contribution in [2.24, 2.45) is 0 Å². The highest BCUT2D eigenvalue weighted by atomic mass is 32.1. The fourth-order valence-corrected chi connectivity index (χ4v) is 3.79. The van der Waals surface area contributed by atoms with Crippen LogP contribution in [0.1, 0.15) is 34.9 Å². The van der Waals surface area contributed by atoms with E-state index in [2.05, 4.69) is 16.4 Å². The molecule has 0 aliphatic heterocycles. The number of aliphatic hydroxyl groups is 1. The predicted octanol–water partition coefficient (Wildman–Crippen LogP) is 3.17. The maximum Gasteiger partial charge on any atom is 0.0664 e. The molecule has 2 unspecified atom stereocenters. The number of aliphatic hydroxyl groups excluding tert-OH is 1. The molecular formula is C15H17NOS. The number of hydrogen-bond donors (Lipinski definition) is 1. The van der Waals surface area contributed by atoms with Gasteiger partial charge in [0.15, 0.2) is 0 Å². The maximum atomic E-state index is 10.5. The fourth-order valence-electron chi connectivity index (χ4n) is 2.80. The quantitative estimate of drug-likeness (QED) is 0.918. The van der Waals surface area contributed by atoms with E-state index in [1.807, 2.05) is 29.5 Å². The highest BCUT2D eigenvalue weighted by Crippen LogP contribution is 2.37. The Hall–Kier alpha value is -1.19. The normalized spacial score (nSPS) is 20.4. The molecule has 0 bridgehead atoms. The zero-order valence-corrected chi connectivity index (χ0v) is 11.1. The van der Waals surface area contributed by atoms with Crippen LogP contribution in [-0.4, -0.2) is 16.2 Å². The molecule has 2 aromatic rings. The average molecular weight is 259 g/mol. The van der Waals surface area contributed by atoms with Crippen molar-refractivity contribution in [3.05, 3.63) is 52.0 Å². The van der Waals surface area contributed by atoms with E-state index in [1.165, 1.54) is 23.3 Å². The highest BCUT2D eigenvalue weighted by Gasteiger charge is 2.27. The van der Waals surface area contributed by atoms with Gasteiger partial charge in [-0.2, -0.15) is 0 Å². The zero-order valence-electron chi connectivity index (χ0n) is 10.2. The van der Waals surface area contributed by atoms with E-state index in [0.29, 0.717) is 12.3 Å². The minimum atomic E-state index is -0.312. The first-order valence-electron chi connectivity index (χ1n) is 6.49. The van der Waals surface area contributed by atoms with E-state index in [4.69, 9.17) is 0 Å². The lowest BCUT2D eigenvalue weighted by molar-refractivity contribution is 0.134. The van der Waals surface area contributed by atoms with E-state index >= 15 is 0 Å². The van der Waals surface area contributed by atoms with Crippen LogP contribution in [0.2, 0.25) is 0 Å². The summed E-state index contributed by atoms with van der Waals surface area (Å²) in [6.45, 7) is 0.